The molecule has 1 N–H and O–H groups in total. The van der Waals surface area contributed by atoms with E-state index in [0.29, 0.717) is 23.9 Å². The molecule has 5 aliphatic rings. The Morgan fingerprint density at radius 2 is 1.75 bits per heavy atom. The minimum absolute atomic E-state index is 0.230. The molecule has 1 aromatic rings. The van der Waals surface area contributed by atoms with Crippen LogP contribution in [0.4, 0.5) is 0 Å². The molecule has 1 saturated heterocycles. The number of aryl methyl sites for hydroxylation is 1. The Morgan fingerprint density at radius 3 is 2.29 bits per heavy atom. The summed E-state index contributed by atoms with van der Waals surface area (Å²) in [5, 5.41) is 14.1. The summed E-state index contributed by atoms with van der Waals surface area (Å²) < 4.78 is 0. The zero-order valence-electron chi connectivity index (χ0n) is 17.3. The fourth-order valence-electron chi connectivity index (χ4n) is 7.17. The van der Waals surface area contributed by atoms with Gasteiger partial charge in [0.2, 0.25) is 5.91 Å². The molecule has 5 nitrogen and oxygen atoms in total. The summed E-state index contributed by atoms with van der Waals surface area (Å²) >= 11 is 1.72. The summed E-state index contributed by atoms with van der Waals surface area (Å²) in [7, 11) is 0. The number of likely N-dealkylation sites (tertiary alicyclic amines) is 1. The predicted octanol–water partition coefficient (Wildman–Crippen LogP) is 3.75. The van der Waals surface area contributed by atoms with E-state index in [1.807, 2.05) is 6.92 Å². The van der Waals surface area contributed by atoms with Gasteiger partial charge in [-0.15, -0.1) is 21.5 Å². The van der Waals surface area contributed by atoms with Crippen molar-refractivity contribution in [3.63, 3.8) is 0 Å². The van der Waals surface area contributed by atoms with Gasteiger partial charge < -0.3 is 5.32 Å². The maximum Gasteiger partial charge on any atom is 0.234 e. The third-order valence-electron chi connectivity index (χ3n) is 8.23. The molecule has 4 bridgehead atoms. The normalized spacial score (nSPS) is 36.6. The number of aromatic nitrogens is 2. The van der Waals surface area contributed by atoms with Crippen molar-refractivity contribution in [2.45, 2.75) is 77.2 Å². The number of hydrogen-bond acceptors (Lipinski definition) is 5. The Bertz CT molecular complexity index is 689. The zero-order chi connectivity index (χ0) is 19.3. The van der Waals surface area contributed by atoms with E-state index in [1.54, 1.807) is 11.3 Å². The molecule has 6 rings (SSSR count). The van der Waals surface area contributed by atoms with Gasteiger partial charge in [0.1, 0.15) is 10.0 Å². The smallest absolute Gasteiger partial charge is 0.234 e. The lowest BCUT2D eigenvalue weighted by Crippen LogP contribution is -2.56. The third kappa shape index (κ3) is 3.62. The molecule has 1 atom stereocenters. The van der Waals surface area contributed by atoms with E-state index >= 15 is 0 Å². The number of hydrogen-bond donors (Lipinski definition) is 1. The maximum absolute atomic E-state index is 12.8. The van der Waals surface area contributed by atoms with E-state index in [1.165, 1.54) is 43.5 Å². The minimum Gasteiger partial charge on any atom is -0.352 e. The molecule has 0 radical (unpaired) electrons. The van der Waals surface area contributed by atoms with Crippen LogP contribution in [0.25, 0.3) is 0 Å². The van der Waals surface area contributed by atoms with Crippen LogP contribution in [0.2, 0.25) is 0 Å². The molecule has 0 unspecified atom stereocenters. The van der Waals surface area contributed by atoms with Crippen molar-refractivity contribution in [3.8, 4) is 0 Å². The third-order valence-corrected chi connectivity index (χ3v) is 9.23. The van der Waals surface area contributed by atoms with Gasteiger partial charge in [-0.25, -0.2) is 0 Å². The van der Waals surface area contributed by atoms with Crippen molar-refractivity contribution in [2.24, 2.45) is 23.2 Å². The quantitative estimate of drug-likeness (QED) is 0.815. The highest BCUT2D eigenvalue weighted by molar-refractivity contribution is 7.11. The number of amides is 1. The molecule has 1 aromatic heterocycles. The van der Waals surface area contributed by atoms with Crippen LogP contribution in [0.1, 0.15) is 74.2 Å². The van der Waals surface area contributed by atoms with E-state index in [9.17, 15) is 4.79 Å². The Balaban J connectivity index is 1.12. The first-order valence-corrected chi connectivity index (χ1v) is 12.1. The Hall–Kier alpha value is -1.01. The zero-order valence-corrected chi connectivity index (χ0v) is 18.1. The molecule has 5 fully saturated rings. The molecule has 1 aliphatic heterocycles. The Kier molecular flexibility index (Phi) is 4.98. The first kappa shape index (κ1) is 19.0. The Labute approximate surface area is 172 Å². The average molecular weight is 403 g/mol. The van der Waals surface area contributed by atoms with Gasteiger partial charge in [0.15, 0.2) is 0 Å². The number of rotatable bonds is 5. The number of nitrogens with zero attached hydrogens (tertiary/aromatic N) is 3. The van der Waals surface area contributed by atoms with Crippen LogP contribution in [0, 0.1) is 30.1 Å². The molecular formula is C22H34N4OS. The van der Waals surface area contributed by atoms with Gasteiger partial charge >= 0.3 is 0 Å². The van der Waals surface area contributed by atoms with Crippen molar-refractivity contribution >= 4 is 17.2 Å². The second kappa shape index (κ2) is 7.35. The van der Waals surface area contributed by atoms with Crippen LogP contribution in [-0.4, -0.2) is 46.7 Å². The van der Waals surface area contributed by atoms with Crippen LogP contribution >= 0.6 is 11.3 Å². The van der Waals surface area contributed by atoms with Gasteiger partial charge in [0.05, 0.1) is 6.54 Å². The van der Waals surface area contributed by atoms with E-state index in [0.717, 1.165) is 48.7 Å². The number of piperidine rings is 1. The van der Waals surface area contributed by atoms with Crippen LogP contribution in [0.5, 0.6) is 0 Å². The topological polar surface area (TPSA) is 58.1 Å². The van der Waals surface area contributed by atoms with Gasteiger partial charge in [0.25, 0.3) is 0 Å². The highest BCUT2D eigenvalue weighted by atomic mass is 32.1. The number of carbonyl (C=O) groups excluding carboxylic acids is 1. The van der Waals surface area contributed by atoms with Crippen molar-refractivity contribution in [1.82, 2.24) is 20.4 Å². The van der Waals surface area contributed by atoms with Gasteiger partial charge in [0, 0.05) is 12.0 Å². The lowest BCUT2D eigenvalue weighted by Gasteiger charge is -2.59. The SMILES string of the molecule is Cc1nnc(C2CCN(CC(=O)N[C@@H](C)C34CC5CC(CC(C5)C3)C4)CC2)s1. The van der Waals surface area contributed by atoms with Gasteiger partial charge in [-0.3, -0.25) is 9.69 Å². The van der Waals surface area contributed by atoms with E-state index < -0.39 is 0 Å². The Morgan fingerprint density at radius 1 is 1.14 bits per heavy atom. The molecule has 28 heavy (non-hydrogen) atoms. The van der Waals surface area contributed by atoms with Gasteiger partial charge in [-0.1, -0.05) is 0 Å². The molecular weight excluding hydrogens is 368 g/mol. The van der Waals surface area contributed by atoms with Crippen molar-refractivity contribution in [3.05, 3.63) is 10.0 Å². The first-order valence-electron chi connectivity index (χ1n) is 11.3. The monoisotopic (exact) mass is 402 g/mol. The largest absolute Gasteiger partial charge is 0.352 e. The summed E-state index contributed by atoms with van der Waals surface area (Å²) in [6.45, 7) is 6.84. The van der Waals surface area contributed by atoms with Crippen LogP contribution in [-0.2, 0) is 4.79 Å². The molecule has 154 valence electrons. The minimum atomic E-state index is 0.230. The van der Waals surface area contributed by atoms with Crippen LogP contribution < -0.4 is 5.32 Å². The molecule has 4 aliphatic carbocycles. The first-order chi connectivity index (χ1) is 13.5. The maximum atomic E-state index is 12.8. The second-order valence-corrected chi connectivity index (χ2v) is 11.5. The fourth-order valence-corrected chi connectivity index (χ4v) is 8.03. The summed E-state index contributed by atoms with van der Waals surface area (Å²) in [5.41, 5.74) is 0.396. The average Bonchev–Trinajstić information content (AvgIpc) is 3.07. The van der Waals surface area contributed by atoms with Crippen LogP contribution in [0.15, 0.2) is 0 Å². The summed E-state index contributed by atoms with van der Waals surface area (Å²) in [5.74, 6) is 3.57. The fraction of sp³-hybridized carbons (Fsp3) is 0.864. The molecule has 6 heteroatoms. The summed E-state index contributed by atoms with van der Waals surface area (Å²) in [6, 6.07) is 0.329. The number of nitrogens with one attached hydrogen (secondary N) is 1. The molecule has 0 spiro atoms. The van der Waals surface area contributed by atoms with E-state index in [-0.39, 0.29) is 5.91 Å². The standard InChI is InChI=1S/C22H34N4OS/c1-14(22-10-16-7-17(11-22)9-18(8-16)12-22)23-20(27)13-26-5-3-19(4-6-26)21-25-24-15(2)28-21/h14,16-19H,3-13H2,1-2H3,(H,23,27)/t14-,16?,17?,18?,22?/m0/s1. The van der Waals surface area contributed by atoms with Crippen molar-refractivity contribution in [1.29, 1.82) is 0 Å². The lowest BCUT2D eigenvalue weighted by molar-refractivity contribution is -0.127. The summed E-state index contributed by atoms with van der Waals surface area (Å²) in [4.78, 5) is 15.1. The van der Waals surface area contributed by atoms with E-state index in [2.05, 4.69) is 27.3 Å². The van der Waals surface area contributed by atoms with Gasteiger partial charge in [-0.2, -0.15) is 0 Å². The molecule has 0 aromatic carbocycles. The highest BCUT2D eigenvalue weighted by Gasteiger charge is 2.53. The lowest BCUT2D eigenvalue weighted by atomic mass is 9.48. The number of carbonyl (C=O) groups is 1. The second-order valence-electron chi connectivity index (χ2n) is 10.3. The van der Waals surface area contributed by atoms with Crippen molar-refractivity contribution < 1.29 is 4.79 Å². The van der Waals surface area contributed by atoms with Gasteiger partial charge in [-0.05, 0) is 101 Å². The van der Waals surface area contributed by atoms with Crippen molar-refractivity contribution in [2.75, 3.05) is 19.6 Å². The van der Waals surface area contributed by atoms with Crippen LogP contribution in [0.3, 0.4) is 0 Å². The molecule has 2 heterocycles. The molecule has 4 saturated carbocycles. The molecule has 1 amide bonds. The van der Waals surface area contributed by atoms with E-state index in [4.69, 9.17) is 0 Å². The highest BCUT2D eigenvalue weighted by Crippen LogP contribution is 2.61. The predicted molar refractivity (Wildman–Crippen MR) is 111 cm³/mol. The summed E-state index contributed by atoms with van der Waals surface area (Å²) in [6.07, 6.45) is 10.6.